The highest BCUT2D eigenvalue weighted by molar-refractivity contribution is 5.98. The minimum atomic E-state index is -0.563. The van der Waals surface area contributed by atoms with Gasteiger partial charge >= 0.3 is 0 Å². The van der Waals surface area contributed by atoms with Crippen molar-refractivity contribution in [3.05, 3.63) is 33.9 Å². The van der Waals surface area contributed by atoms with Crippen LogP contribution in [-0.2, 0) is 0 Å². The third-order valence-electron chi connectivity index (χ3n) is 2.80. The Labute approximate surface area is 106 Å². The number of nitro benzene ring substituents is 1. The van der Waals surface area contributed by atoms with Crippen molar-refractivity contribution in [3.8, 4) is 5.75 Å². The van der Waals surface area contributed by atoms with E-state index in [0.29, 0.717) is 11.7 Å². The number of ether oxygens (including phenoxy) is 1. The van der Waals surface area contributed by atoms with Crippen LogP contribution >= 0.6 is 0 Å². The van der Waals surface area contributed by atoms with Gasteiger partial charge in [-0.2, -0.15) is 0 Å². The Balaban J connectivity index is 3.08. The van der Waals surface area contributed by atoms with E-state index in [9.17, 15) is 14.9 Å². The molecule has 1 aromatic rings. The standard InChI is InChI=1S/C13H17NO4/c1-8(2)10(4)18-11-5-6-13(14(16)17)12(7-11)9(3)15/h5-8,10H,1-4H3. The van der Waals surface area contributed by atoms with Gasteiger partial charge in [-0.25, -0.2) is 0 Å². The van der Waals surface area contributed by atoms with Gasteiger partial charge < -0.3 is 4.74 Å². The average molecular weight is 251 g/mol. The van der Waals surface area contributed by atoms with E-state index in [1.54, 1.807) is 0 Å². The van der Waals surface area contributed by atoms with E-state index in [4.69, 9.17) is 4.74 Å². The third kappa shape index (κ3) is 3.29. The van der Waals surface area contributed by atoms with Crippen LogP contribution in [0.4, 0.5) is 5.69 Å². The summed E-state index contributed by atoms with van der Waals surface area (Å²) in [6.45, 7) is 7.25. The number of hydrogen-bond acceptors (Lipinski definition) is 4. The predicted octanol–water partition coefficient (Wildman–Crippen LogP) is 3.22. The van der Waals surface area contributed by atoms with Crippen molar-refractivity contribution in [2.75, 3.05) is 0 Å². The van der Waals surface area contributed by atoms with Crippen molar-refractivity contribution in [1.29, 1.82) is 0 Å². The maximum Gasteiger partial charge on any atom is 0.280 e. The molecule has 1 atom stereocenters. The van der Waals surface area contributed by atoms with E-state index in [0.717, 1.165) is 0 Å². The van der Waals surface area contributed by atoms with Crippen LogP contribution in [-0.4, -0.2) is 16.8 Å². The summed E-state index contributed by atoms with van der Waals surface area (Å²) in [7, 11) is 0. The van der Waals surface area contributed by atoms with E-state index in [2.05, 4.69) is 0 Å². The molecule has 0 aliphatic heterocycles. The monoisotopic (exact) mass is 251 g/mol. The average Bonchev–Trinajstić information content (AvgIpc) is 2.28. The van der Waals surface area contributed by atoms with Crippen molar-refractivity contribution in [2.45, 2.75) is 33.8 Å². The first-order valence-corrected chi connectivity index (χ1v) is 5.79. The Morgan fingerprint density at radius 2 is 1.94 bits per heavy atom. The second kappa shape index (κ2) is 5.62. The molecule has 1 aromatic carbocycles. The summed E-state index contributed by atoms with van der Waals surface area (Å²) in [5.41, 5.74) is -0.111. The Hall–Kier alpha value is -1.91. The van der Waals surface area contributed by atoms with Gasteiger partial charge in [-0.15, -0.1) is 0 Å². The van der Waals surface area contributed by atoms with Gasteiger partial charge in [0.1, 0.15) is 5.75 Å². The quantitative estimate of drug-likeness (QED) is 0.457. The molecular formula is C13H17NO4. The van der Waals surface area contributed by atoms with Crippen molar-refractivity contribution in [2.24, 2.45) is 5.92 Å². The predicted molar refractivity (Wildman–Crippen MR) is 68.0 cm³/mol. The molecule has 0 aromatic heterocycles. The molecule has 0 aliphatic rings. The first-order valence-electron chi connectivity index (χ1n) is 5.79. The number of nitro groups is 1. The fourth-order valence-electron chi connectivity index (χ4n) is 1.38. The highest BCUT2D eigenvalue weighted by Crippen LogP contribution is 2.25. The number of ketones is 1. The van der Waals surface area contributed by atoms with E-state index >= 15 is 0 Å². The van der Waals surface area contributed by atoms with Gasteiger partial charge in [0.25, 0.3) is 5.69 Å². The normalized spacial score (nSPS) is 12.3. The summed E-state index contributed by atoms with van der Waals surface area (Å²) < 4.78 is 5.63. The molecule has 5 heteroatoms. The maximum atomic E-state index is 11.4. The van der Waals surface area contributed by atoms with Crippen molar-refractivity contribution < 1.29 is 14.5 Å². The van der Waals surface area contributed by atoms with Gasteiger partial charge in [0.2, 0.25) is 0 Å². The Bertz CT molecular complexity index is 468. The molecule has 0 saturated carbocycles. The smallest absolute Gasteiger partial charge is 0.280 e. The van der Waals surface area contributed by atoms with Crippen LogP contribution in [0.3, 0.4) is 0 Å². The first kappa shape index (κ1) is 14.2. The van der Waals surface area contributed by atoms with Crippen LogP contribution < -0.4 is 4.74 Å². The lowest BCUT2D eigenvalue weighted by atomic mass is 10.1. The van der Waals surface area contributed by atoms with Crippen molar-refractivity contribution in [3.63, 3.8) is 0 Å². The molecule has 0 saturated heterocycles. The van der Waals surface area contributed by atoms with Crippen LogP contribution in [0.2, 0.25) is 0 Å². The lowest BCUT2D eigenvalue weighted by Crippen LogP contribution is -2.18. The molecular weight excluding hydrogens is 234 g/mol. The minimum absolute atomic E-state index is 0.0220. The Morgan fingerprint density at radius 1 is 1.33 bits per heavy atom. The second-order valence-electron chi connectivity index (χ2n) is 4.56. The fraction of sp³-hybridized carbons (Fsp3) is 0.462. The van der Waals surface area contributed by atoms with Crippen LogP contribution in [0.25, 0.3) is 0 Å². The minimum Gasteiger partial charge on any atom is -0.490 e. The van der Waals surface area contributed by atoms with E-state index in [1.165, 1.54) is 25.1 Å². The summed E-state index contributed by atoms with van der Waals surface area (Å²) in [6, 6.07) is 4.25. The molecule has 1 rings (SSSR count). The number of hydrogen-bond donors (Lipinski definition) is 0. The molecule has 0 amide bonds. The molecule has 0 spiro atoms. The highest BCUT2D eigenvalue weighted by Gasteiger charge is 2.19. The van der Waals surface area contributed by atoms with Crippen LogP contribution in [0, 0.1) is 16.0 Å². The molecule has 98 valence electrons. The summed E-state index contributed by atoms with van der Waals surface area (Å²) in [4.78, 5) is 21.6. The highest BCUT2D eigenvalue weighted by atomic mass is 16.6. The summed E-state index contributed by atoms with van der Waals surface area (Å²) in [6.07, 6.45) is -0.0220. The lowest BCUT2D eigenvalue weighted by Gasteiger charge is -2.18. The van der Waals surface area contributed by atoms with E-state index in [1.807, 2.05) is 20.8 Å². The van der Waals surface area contributed by atoms with Crippen LogP contribution in [0.1, 0.15) is 38.1 Å². The molecule has 1 unspecified atom stereocenters. The SMILES string of the molecule is CC(=O)c1cc(OC(C)C(C)C)ccc1[N+](=O)[O-]. The molecule has 0 heterocycles. The van der Waals surface area contributed by atoms with Crippen LogP contribution in [0.5, 0.6) is 5.75 Å². The topological polar surface area (TPSA) is 69.4 Å². The van der Waals surface area contributed by atoms with Gasteiger partial charge in [0.15, 0.2) is 5.78 Å². The lowest BCUT2D eigenvalue weighted by molar-refractivity contribution is -0.385. The van der Waals surface area contributed by atoms with Gasteiger partial charge in [0.05, 0.1) is 16.6 Å². The van der Waals surface area contributed by atoms with Crippen LogP contribution in [0.15, 0.2) is 18.2 Å². The number of benzene rings is 1. The number of nitrogens with zero attached hydrogens (tertiary/aromatic N) is 1. The molecule has 0 aliphatic carbocycles. The third-order valence-corrected chi connectivity index (χ3v) is 2.80. The zero-order valence-electron chi connectivity index (χ0n) is 11.0. The summed E-state index contributed by atoms with van der Waals surface area (Å²) in [5.74, 6) is 0.456. The molecule has 0 N–H and O–H groups in total. The zero-order chi connectivity index (χ0) is 13.9. The zero-order valence-corrected chi connectivity index (χ0v) is 11.0. The van der Waals surface area contributed by atoms with Gasteiger partial charge in [0, 0.05) is 6.07 Å². The van der Waals surface area contributed by atoms with E-state index < -0.39 is 4.92 Å². The largest absolute Gasteiger partial charge is 0.490 e. The fourth-order valence-corrected chi connectivity index (χ4v) is 1.38. The molecule has 18 heavy (non-hydrogen) atoms. The number of carbonyl (C=O) groups excluding carboxylic acids is 1. The Morgan fingerprint density at radius 3 is 2.39 bits per heavy atom. The van der Waals surface area contributed by atoms with Gasteiger partial charge in [-0.3, -0.25) is 14.9 Å². The first-order chi connectivity index (χ1) is 8.32. The summed E-state index contributed by atoms with van der Waals surface area (Å²) >= 11 is 0. The molecule has 0 radical (unpaired) electrons. The van der Waals surface area contributed by atoms with Crippen molar-refractivity contribution in [1.82, 2.24) is 0 Å². The second-order valence-corrected chi connectivity index (χ2v) is 4.56. The summed E-state index contributed by atoms with van der Waals surface area (Å²) in [5, 5.41) is 10.8. The molecule has 0 bridgehead atoms. The molecule has 5 nitrogen and oxygen atoms in total. The van der Waals surface area contributed by atoms with E-state index in [-0.39, 0.29) is 23.1 Å². The Kier molecular flexibility index (Phi) is 4.42. The molecule has 0 fully saturated rings. The number of carbonyl (C=O) groups is 1. The van der Waals surface area contributed by atoms with Crippen molar-refractivity contribution >= 4 is 11.5 Å². The number of rotatable bonds is 5. The van der Waals surface area contributed by atoms with Gasteiger partial charge in [-0.05, 0) is 31.9 Å². The number of Topliss-reactive ketones (excluding diaryl/α,β-unsaturated/α-hetero) is 1. The maximum absolute atomic E-state index is 11.4. The van der Waals surface area contributed by atoms with Gasteiger partial charge in [-0.1, -0.05) is 13.8 Å².